The molecule has 1 aromatic rings. The van der Waals surface area contributed by atoms with E-state index in [9.17, 15) is 36.2 Å². The van der Waals surface area contributed by atoms with E-state index >= 15 is 0 Å². The van der Waals surface area contributed by atoms with E-state index in [2.05, 4.69) is 0 Å². The van der Waals surface area contributed by atoms with Crippen LogP contribution >= 0.6 is 0 Å². The minimum Gasteiger partial charge on any atom is -0.872 e. The molecule has 90 valence electrons. The Morgan fingerprint density at radius 2 is 0.850 bits per heavy atom. The fraction of sp³-hybridized carbons (Fsp3) is 0. The van der Waals surface area contributed by atoms with Gasteiger partial charge in [0.25, 0.3) is 0 Å². The second-order valence-corrected chi connectivity index (χ2v) is 5.35. The van der Waals surface area contributed by atoms with Crippen LogP contribution in [0.1, 0.15) is 0 Å². The Kier molecular flexibility index (Phi) is 14.4. The summed E-state index contributed by atoms with van der Waals surface area (Å²) in [7, 11) is -10.4. The summed E-state index contributed by atoms with van der Waals surface area (Å²) in [6.45, 7) is 0. The molecule has 0 aliphatic heterocycles. The molecule has 0 spiro atoms. The Morgan fingerprint density at radius 3 is 1.00 bits per heavy atom. The SMILES string of the molecule is O=S(=O)([O-])c1cc([O-])c(S(=O)(=O)[O-])cc1[O-].[Li+].[Li+].[Li+].[Li+]. The summed E-state index contributed by atoms with van der Waals surface area (Å²) >= 11 is 0. The van der Waals surface area contributed by atoms with E-state index in [0.717, 1.165) is 0 Å². The van der Waals surface area contributed by atoms with Gasteiger partial charge < -0.3 is 19.3 Å². The van der Waals surface area contributed by atoms with E-state index in [1.807, 2.05) is 0 Å². The molecule has 0 amide bonds. The number of hydrogen-bond acceptors (Lipinski definition) is 8. The van der Waals surface area contributed by atoms with Crippen molar-refractivity contribution < 1.29 is 112 Å². The molecule has 0 radical (unpaired) electrons. The molecule has 14 heteroatoms. The van der Waals surface area contributed by atoms with E-state index in [1.54, 1.807) is 0 Å². The van der Waals surface area contributed by atoms with Crippen LogP contribution in [-0.4, -0.2) is 25.9 Å². The van der Waals surface area contributed by atoms with E-state index < -0.39 is 41.5 Å². The molecule has 0 saturated carbocycles. The van der Waals surface area contributed by atoms with Crippen LogP contribution in [0.4, 0.5) is 0 Å². The molecule has 0 aliphatic rings. The van der Waals surface area contributed by atoms with Gasteiger partial charge in [0.05, 0.1) is 0 Å². The molecular weight excluding hydrogens is 292 g/mol. The predicted octanol–water partition coefficient (Wildman–Crippen LogP) is -14.3. The van der Waals surface area contributed by atoms with Gasteiger partial charge in [0, 0.05) is 9.79 Å². The van der Waals surface area contributed by atoms with Gasteiger partial charge in [0.15, 0.2) is 0 Å². The topological polar surface area (TPSA) is 161 Å². The molecule has 0 saturated heterocycles. The summed E-state index contributed by atoms with van der Waals surface area (Å²) in [5.41, 5.74) is 0. The minimum atomic E-state index is -5.18. The first-order valence-corrected chi connectivity index (χ1v) is 6.29. The molecule has 0 bridgehead atoms. The summed E-state index contributed by atoms with van der Waals surface area (Å²) in [4.78, 5) is -2.77. The monoisotopic (exact) mass is 294 g/mol. The van der Waals surface area contributed by atoms with Gasteiger partial charge in [-0.05, 0) is 0 Å². The predicted molar refractivity (Wildman–Crippen MR) is 41.3 cm³/mol. The Hall–Kier alpha value is 1.03. The maximum Gasteiger partial charge on any atom is 1.00 e. The van der Waals surface area contributed by atoms with Crippen molar-refractivity contribution in [3.63, 3.8) is 0 Å². The second kappa shape index (κ2) is 9.93. The summed E-state index contributed by atoms with van der Waals surface area (Å²) in [6.07, 6.45) is 0. The molecule has 0 unspecified atom stereocenters. The minimum absolute atomic E-state index is 0. The summed E-state index contributed by atoms with van der Waals surface area (Å²) in [5, 5.41) is 21.9. The largest absolute Gasteiger partial charge is 1.00 e. The summed E-state index contributed by atoms with van der Waals surface area (Å²) < 4.78 is 62.7. The van der Waals surface area contributed by atoms with Gasteiger partial charge in [0.2, 0.25) is 0 Å². The van der Waals surface area contributed by atoms with E-state index in [1.165, 1.54) is 0 Å². The standard InChI is InChI=1S/C6H6O8S2.4Li/c7-3-1-5(15(9,10)11)4(8)2-6(3)16(12,13)14;;;;/h1-2,7-8H,(H,9,10,11)(H,12,13,14);;;;/q;4*+1/p-4. The Bertz CT molecular complexity index is 583. The van der Waals surface area contributed by atoms with Gasteiger partial charge in [-0.15, -0.1) is 0 Å². The van der Waals surface area contributed by atoms with Gasteiger partial charge in [-0.2, -0.15) is 0 Å². The van der Waals surface area contributed by atoms with Crippen LogP contribution < -0.4 is 85.7 Å². The fourth-order valence-electron chi connectivity index (χ4n) is 0.913. The third kappa shape index (κ3) is 7.34. The average molecular weight is 294 g/mol. The molecule has 0 heterocycles. The molecule has 1 aromatic carbocycles. The van der Waals surface area contributed by atoms with E-state index in [-0.39, 0.29) is 87.6 Å². The van der Waals surface area contributed by atoms with Gasteiger partial charge in [-0.1, -0.05) is 23.6 Å². The smallest absolute Gasteiger partial charge is 0.872 e. The maximum atomic E-state index is 11.0. The first-order chi connectivity index (χ1) is 7.03. The van der Waals surface area contributed by atoms with Crippen LogP contribution in [-0.2, 0) is 20.2 Å². The summed E-state index contributed by atoms with van der Waals surface area (Å²) in [5.74, 6) is -3.02. The third-order valence-electron chi connectivity index (χ3n) is 1.55. The number of rotatable bonds is 2. The van der Waals surface area contributed by atoms with Gasteiger partial charge in [-0.3, -0.25) is 0 Å². The van der Waals surface area contributed by atoms with Gasteiger partial charge in [0.1, 0.15) is 20.2 Å². The Labute approximate surface area is 163 Å². The number of hydrogen-bond donors (Lipinski definition) is 0. The second-order valence-electron chi connectivity index (χ2n) is 2.65. The molecule has 0 aliphatic carbocycles. The average Bonchev–Trinajstić information content (AvgIpc) is 2.04. The van der Waals surface area contributed by atoms with Crippen molar-refractivity contribution in [2.45, 2.75) is 9.79 Å². The molecule has 0 fully saturated rings. The van der Waals surface area contributed by atoms with E-state index in [0.29, 0.717) is 0 Å². The molecule has 0 N–H and O–H groups in total. The summed E-state index contributed by atoms with van der Waals surface area (Å²) in [6, 6.07) is 0.0465. The first kappa shape index (κ1) is 29.1. The molecule has 1 rings (SSSR count). The Balaban J connectivity index is -0.000000320. The zero-order chi connectivity index (χ0) is 12.7. The van der Waals surface area contributed by atoms with Gasteiger partial charge >= 0.3 is 75.4 Å². The van der Waals surface area contributed by atoms with E-state index in [4.69, 9.17) is 0 Å². The van der Waals surface area contributed by atoms with Crippen molar-refractivity contribution in [3.8, 4) is 11.5 Å². The fourth-order valence-corrected chi connectivity index (χ4v) is 2.03. The third-order valence-corrected chi connectivity index (χ3v) is 3.26. The van der Waals surface area contributed by atoms with Crippen molar-refractivity contribution in [3.05, 3.63) is 12.1 Å². The quantitative estimate of drug-likeness (QED) is 0.383. The van der Waals surface area contributed by atoms with Crippen LogP contribution in [0, 0.1) is 0 Å². The molecule has 0 aromatic heterocycles. The molecule has 20 heavy (non-hydrogen) atoms. The van der Waals surface area contributed by atoms with Crippen LogP contribution in [0.2, 0.25) is 0 Å². The zero-order valence-corrected chi connectivity index (χ0v) is 12.9. The van der Waals surface area contributed by atoms with Crippen molar-refractivity contribution in [1.29, 1.82) is 0 Å². The number of benzene rings is 1. The first-order valence-electron chi connectivity index (χ1n) is 3.47. The van der Waals surface area contributed by atoms with Crippen molar-refractivity contribution >= 4 is 20.2 Å². The molecular formula is C6H2Li4O8S2. The Morgan fingerprint density at radius 1 is 0.650 bits per heavy atom. The van der Waals surface area contributed by atoms with Crippen LogP contribution in [0.25, 0.3) is 0 Å². The van der Waals surface area contributed by atoms with Gasteiger partial charge in [-0.25, -0.2) is 16.8 Å². The molecule has 8 nitrogen and oxygen atoms in total. The van der Waals surface area contributed by atoms with Crippen molar-refractivity contribution in [2.24, 2.45) is 0 Å². The molecule has 0 atom stereocenters. The van der Waals surface area contributed by atoms with Crippen LogP contribution in [0.15, 0.2) is 21.9 Å². The maximum absolute atomic E-state index is 11.0. The zero-order valence-electron chi connectivity index (χ0n) is 11.2. The normalized spacial score (nSPS) is 10.1. The van der Waals surface area contributed by atoms with Crippen molar-refractivity contribution in [1.82, 2.24) is 0 Å². The van der Waals surface area contributed by atoms with Crippen LogP contribution in [0.5, 0.6) is 11.5 Å². The van der Waals surface area contributed by atoms with Crippen LogP contribution in [0.3, 0.4) is 0 Å². The van der Waals surface area contributed by atoms with Crippen molar-refractivity contribution in [2.75, 3.05) is 0 Å².